The van der Waals surface area contributed by atoms with E-state index in [1.54, 1.807) is 7.11 Å². The molecule has 0 aliphatic heterocycles. The van der Waals surface area contributed by atoms with Crippen molar-refractivity contribution in [2.45, 2.75) is 33.1 Å². The molecule has 0 aliphatic carbocycles. The van der Waals surface area contributed by atoms with Crippen molar-refractivity contribution in [2.75, 3.05) is 26.8 Å². The van der Waals surface area contributed by atoms with E-state index in [4.69, 9.17) is 16.3 Å². The summed E-state index contributed by atoms with van der Waals surface area (Å²) in [5, 5.41) is 4.37. The molecule has 0 fully saturated rings. The Hall–Kier alpha value is -0.570. The number of hydrogen-bond donors (Lipinski definition) is 1. The van der Waals surface area contributed by atoms with Crippen LogP contribution in [0, 0.1) is 11.8 Å². The van der Waals surface area contributed by atoms with Crippen molar-refractivity contribution in [1.29, 1.82) is 0 Å². The quantitative estimate of drug-likeness (QED) is 0.654. The number of ether oxygens (including phenoxy) is 1. The molecule has 1 N–H and O–H groups in total. The first-order chi connectivity index (χ1) is 9.63. The van der Waals surface area contributed by atoms with Gasteiger partial charge in [-0.25, -0.2) is 0 Å². The van der Waals surface area contributed by atoms with Crippen molar-refractivity contribution < 1.29 is 4.74 Å². The maximum absolute atomic E-state index is 6.27. The Morgan fingerprint density at radius 2 is 1.95 bits per heavy atom. The van der Waals surface area contributed by atoms with E-state index in [0.717, 1.165) is 37.1 Å². The minimum absolute atomic E-state index is 0.633. The van der Waals surface area contributed by atoms with Crippen LogP contribution in [0.5, 0.6) is 0 Å². The molecule has 0 radical (unpaired) electrons. The number of benzene rings is 1. The van der Waals surface area contributed by atoms with Gasteiger partial charge in [0, 0.05) is 18.7 Å². The second-order valence-corrected chi connectivity index (χ2v) is 6.24. The van der Waals surface area contributed by atoms with Crippen molar-refractivity contribution >= 4 is 11.6 Å². The van der Waals surface area contributed by atoms with Gasteiger partial charge < -0.3 is 10.1 Å². The van der Waals surface area contributed by atoms with E-state index in [0.29, 0.717) is 5.92 Å². The number of hydrogen-bond acceptors (Lipinski definition) is 2. The van der Waals surface area contributed by atoms with Gasteiger partial charge in [0.2, 0.25) is 0 Å². The van der Waals surface area contributed by atoms with Crippen LogP contribution >= 0.6 is 11.6 Å². The minimum Gasteiger partial charge on any atom is -0.383 e. The van der Waals surface area contributed by atoms with Crippen LogP contribution in [0.15, 0.2) is 24.3 Å². The van der Waals surface area contributed by atoms with Crippen molar-refractivity contribution in [2.24, 2.45) is 11.8 Å². The van der Waals surface area contributed by atoms with Crippen LogP contribution < -0.4 is 5.32 Å². The molecule has 3 heteroatoms. The Labute approximate surface area is 128 Å². The molecule has 0 saturated heterocycles. The maximum Gasteiger partial charge on any atom is 0.0587 e. The third-order valence-corrected chi connectivity index (χ3v) is 3.90. The third kappa shape index (κ3) is 7.28. The molecule has 0 amide bonds. The van der Waals surface area contributed by atoms with E-state index in [1.165, 1.54) is 18.4 Å². The molecular formula is C17H28ClNO. The summed E-state index contributed by atoms with van der Waals surface area (Å²) < 4.78 is 5.08. The van der Waals surface area contributed by atoms with Crippen LogP contribution in [0.25, 0.3) is 0 Å². The predicted octanol–water partition coefficient (Wildman–Crippen LogP) is 4.17. The first-order valence-corrected chi connectivity index (χ1v) is 7.94. The van der Waals surface area contributed by atoms with Crippen molar-refractivity contribution in [3.8, 4) is 0 Å². The van der Waals surface area contributed by atoms with Crippen LogP contribution in [-0.4, -0.2) is 26.8 Å². The second kappa shape index (κ2) is 10.2. The molecule has 0 bridgehead atoms. The molecular weight excluding hydrogens is 270 g/mol. The van der Waals surface area contributed by atoms with Crippen LogP contribution in [0.3, 0.4) is 0 Å². The maximum atomic E-state index is 6.27. The summed E-state index contributed by atoms with van der Waals surface area (Å²) in [6, 6.07) is 8.18. The van der Waals surface area contributed by atoms with Gasteiger partial charge in [0.25, 0.3) is 0 Å². The fourth-order valence-electron chi connectivity index (χ4n) is 2.30. The van der Waals surface area contributed by atoms with Crippen molar-refractivity contribution in [3.63, 3.8) is 0 Å². The van der Waals surface area contributed by atoms with E-state index in [-0.39, 0.29) is 0 Å². The third-order valence-electron chi connectivity index (χ3n) is 3.53. The van der Waals surface area contributed by atoms with Gasteiger partial charge in [-0.1, -0.05) is 50.1 Å². The molecule has 2 nitrogen and oxygen atoms in total. The van der Waals surface area contributed by atoms with Crippen LogP contribution in [0.1, 0.15) is 32.3 Å². The van der Waals surface area contributed by atoms with Gasteiger partial charge in [0.15, 0.2) is 0 Å². The molecule has 1 unspecified atom stereocenters. The average Bonchev–Trinajstić information content (AvgIpc) is 2.42. The molecule has 1 rings (SSSR count). The van der Waals surface area contributed by atoms with Gasteiger partial charge in [0.05, 0.1) is 6.61 Å². The van der Waals surface area contributed by atoms with Crippen LogP contribution in [0.4, 0.5) is 0 Å². The summed E-state index contributed by atoms with van der Waals surface area (Å²) >= 11 is 6.27. The topological polar surface area (TPSA) is 21.3 Å². The number of nitrogens with one attached hydrogen (secondary N) is 1. The monoisotopic (exact) mass is 297 g/mol. The lowest BCUT2D eigenvalue weighted by molar-refractivity contribution is 0.197. The molecule has 20 heavy (non-hydrogen) atoms. The molecule has 1 atom stereocenters. The van der Waals surface area contributed by atoms with Gasteiger partial charge in [-0.3, -0.25) is 0 Å². The summed E-state index contributed by atoms with van der Waals surface area (Å²) in [5.41, 5.74) is 1.26. The smallest absolute Gasteiger partial charge is 0.0587 e. The summed E-state index contributed by atoms with van der Waals surface area (Å²) in [6.45, 7) is 7.28. The zero-order chi connectivity index (χ0) is 14.8. The largest absolute Gasteiger partial charge is 0.383 e. The average molecular weight is 298 g/mol. The Balaban J connectivity index is 2.50. The van der Waals surface area contributed by atoms with Gasteiger partial charge >= 0.3 is 0 Å². The highest BCUT2D eigenvalue weighted by atomic mass is 35.5. The lowest BCUT2D eigenvalue weighted by Crippen LogP contribution is -2.27. The lowest BCUT2D eigenvalue weighted by atomic mass is 9.92. The SMILES string of the molecule is COCCNCC(CCC(C)C)Cc1ccccc1Cl. The van der Waals surface area contributed by atoms with Gasteiger partial charge in [-0.05, 0) is 42.9 Å². The van der Waals surface area contributed by atoms with Gasteiger partial charge in [-0.15, -0.1) is 0 Å². The van der Waals surface area contributed by atoms with Crippen LogP contribution in [0.2, 0.25) is 5.02 Å². The van der Waals surface area contributed by atoms with Gasteiger partial charge in [-0.2, -0.15) is 0 Å². The highest BCUT2D eigenvalue weighted by Gasteiger charge is 2.12. The number of methoxy groups -OCH3 is 1. The van der Waals surface area contributed by atoms with E-state index >= 15 is 0 Å². The first kappa shape index (κ1) is 17.5. The summed E-state index contributed by atoms with van der Waals surface area (Å²) in [5.74, 6) is 1.39. The molecule has 0 spiro atoms. The van der Waals surface area contributed by atoms with E-state index in [9.17, 15) is 0 Å². The number of halogens is 1. The highest BCUT2D eigenvalue weighted by molar-refractivity contribution is 6.31. The Kier molecular flexibility index (Phi) is 8.92. The fourth-order valence-corrected chi connectivity index (χ4v) is 2.51. The van der Waals surface area contributed by atoms with Crippen molar-refractivity contribution in [3.05, 3.63) is 34.9 Å². The summed E-state index contributed by atoms with van der Waals surface area (Å²) in [6.07, 6.45) is 3.55. The van der Waals surface area contributed by atoms with E-state index < -0.39 is 0 Å². The molecule has 114 valence electrons. The first-order valence-electron chi connectivity index (χ1n) is 7.56. The van der Waals surface area contributed by atoms with Crippen molar-refractivity contribution in [1.82, 2.24) is 5.32 Å². The predicted molar refractivity (Wildman–Crippen MR) is 87.5 cm³/mol. The molecule has 1 aromatic carbocycles. The zero-order valence-electron chi connectivity index (χ0n) is 13.0. The van der Waals surface area contributed by atoms with E-state index in [2.05, 4.69) is 31.3 Å². The molecule has 1 aromatic rings. The second-order valence-electron chi connectivity index (χ2n) is 5.83. The zero-order valence-corrected chi connectivity index (χ0v) is 13.7. The summed E-state index contributed by atoms with van der Waals surface area (Å²) in [7, 11) is 1.74. The highest BCUT2D eigenvalue weighted by Crippen LogP contribution is 2.22. The Morgan fingerprint density at radius 3 is 2.60 bits per heavy atom. The van der Waals surface area contributed by atoms with E-state index in [1.807, 2.05) is 12.1 Å². The molecule has 0 aliphatic rings. The standard InChI is InChI=1S/C17H28ClNO/c1-14(2)8-9-15(13-19-10-11-20-3)12-16-6-4-5-7-17(16)18/h4-7,14-15,19H,8-13H2,1-3H3. The molecule has 0 heterocycles. The molecule has 0 saturated carbocycles. The van der Waals surface area contributed by atoms with Crippen LogP contribution in [-0.2, 0) is 11.2 Å². The summed E-state index contributed by atoms with van der Waals surface area (Å²) in [4.78, 5) is 0. The Bertz CT molecular complexity index is 368. The lowest BCUT2D eigenvalue weighted by Gasteiger charge is -2.19. The van der Waals surface area contributed by atoms with Gasteiger partial charge in [0.1, 0.15) is 0 Å². The number of rotatable bonds is 10. The fraction of sp³-hybridized carbons (Fsp3) is 0.647. The normalized spacial score (nSPS) is 12.8. The minimum atomic E-state index is 0.633. The Morgan fingerprint density at radius 1 is 1.20 bits per heavy atom. The molecule has 0 aromatic heterocycles.